The van der Waals surface area contributed by atoms with Crippen LogP contribution in [0.4, 0.5) is 13.6 Å². The molecule has 2 N–H and O–H groups in total. The number of halogens is 2. The number of alkyl halides is 1. The molecule has 2 amide bonds. The lowest BCUT2D eigenvalue weighted by molar-refractivity contribution is -0.0108. The molecule has 3 unspecified atom stereocenters. The third-order valence-corrected chi connectivity index (χ3v) is 10.3. The van der Waals surface area contributed by atoms with Crippen molar-refractivity contribution in [2.75, 3.05) is 38.1 Å². The summed E-state index contributed by atoms with van der Waals surface area (Å²) in [6, 6.07) is 8.83. The molecule has 5 rings (SSSR count). The number of carbonyl (C=O) groups excluding carboxylic acids is 3. The van der Waals surface area contributed by atoms with Crippen LogP contribution in [0.5, 0.6) is 5.75 Å². The quantitative estimate of drug-likeness (QED) is 0.169. The second-order valence-electron chi connectivity index (χ2n) is 12.7. The van der Waals surface area contributed by atoms with Crippen LogP contribution in [0.15, 0.2) is 65.4 Å². The molecule has 2 aliphatic carbocycles. The van der Waals surface area contributed by atoms with Gasteiger partial charge in [-0.15, -0.1) is 0 Å². The van der Waals surface area contributed by atoms with Crippen molar-refractivity contribution in [1.82, 2.24) is 14.9 Å². The second kappa shape index (κ2) is 15.8. The summed E-state index contributed by atoms with van der Waals surface area (Å²) in [5.74, 6) is -3.53. The Hall–Kier alpha value is -4.53. The van der Waals surface area contributed by atoms with Crippen molar-refractivity contribution in [2.24, 2.45) is 5.92 Å². The topological polar surface area (TPSA) is 166 Å². The largest absolute Gasteiger partial charge is 0.510 e. The first kappa shape index (κ1) is 37.7. The fraction of sp³-hybridized carbons (Fsp3) is 0.471. The van der Waals surface area contributed by atoms with Crippen molar-refractivity contribution in [1.29, 1.82) is 0 Å². The number of nitrogens with zero attached hydrogens (tertiary/aromatic N) is 3. The van der Waals surface area contributed by atoms with E-state index in [4.69, 9.17) is 18.7 Å². The predicted octanol–water partition coefficient (Wildman–Crippen LogP) is 4.55. The van der Waals surface area contributed by atoms with E-state index < -0.39 is 84.9 Å². The number of aromatic nitrogens is 1. The van der Waals surface area contributed by atoms with Gasteiger partial charge in [0.25, 0.3) is 11.8 Å². The molecule has 2 heterocycles. The van der Waals surface area contributed by atoms with E-state index in [0.29, 0.717) is 31.2 Å². The maximum absolute atomic E-state index is 14.5. The molecule has 0 saturated heterocycles. The number of hydrogen-bond donors (Lipinski definition) is 2. The smallest absolute Gasteiger partial charge is 0.482 e. The monoisotopic (exact) mass is 734 g/mol. The van der Waals surface area contributed by atoms with Gasteiger partial charge >= 0.3 is 13.8 Å². The first-order chi connectivity index (χ1) is 24.2. The maximum atomic E-state index is 14.5. The second-order valence-corrected chi connectivity index (χ2v) is 14.7. The van der Waals surface area contributed by atoms with Crippen LogP contribution in [-0.4, -0.2) is 83.5 Å². The van der Waals surface area contributed by atoms with Gasteiger partial charge in [-0.25, -0.2) is 13.6 Å². The van der Waals surface area contributed by atoms with Crippen molar-refractivity contribution in [2.45, 2.75) is 64.1 Å². The van der Waals surface area contributed by atoms with Crippen LogP contribution in [0.1, 0.15) is 65.9 Å². The van der Waals surface area contributed by atoms with E-state index in [0.717, 1.165) is 12.2 Å². The third kappa shape index (κ3) is 8.51. The molecule has 1 aromatic heterocycles. The Bertz CT molecular complexity index is 1790. The van der Waals surface area contributed by atoms with Gasteiger partial charge in [0.15, 0.2) is 11.4 Å². The average Bonchev–Trinajstić information content (AvgIpc) is 3.57. The number of carbonyl (C=O) groups is 3. The highest BCUT2D eigenvalue weighted by atomic mass is 31.2. The van der Waals surface area contributed by atoms with E-state index in [-0.39, 0.29) is 25.4 Å². The summed E-state index contributed by atoms with van der Waals surface area (Å²) < 4.78 is 63.1. The Morgan fingerprint density at radius 1 is 1.16 bits per heavy atom. The maximum Gasteiger partial charge on any atom is 0.510 e. The van der Waals surface area contributed by atoms with Crippen molar-refractivity contribution in [3.05, 3.63) is 87.6 Å². The molecule has 2 aromatic rings. The van der Waals surface area contributed by atoms with Gasteiger partial charge in [-0.3, -0.25) is 33.2 Å². The molecular formula is C34H41F2N4O10P. The number of amides is 2. The Balaban J connectivity index is 1.50. The van der Waals surface area contributed by atoms with Crippen LogP contribution in [0.2, 0.25) is 0 Å². The van der Waals surface area contributed by atoms with Crippen molar-refractivity contribution >= 4 is 25.6 Å². The number of rotatable bonds is 13. The molecule has 1 saturated carbocycles. The van der Waals surface area contributed by atoms with Crippen LogP contribution in [0.25, 0.3) is 0 Å². The Morgan fingerprint density at radius 3 is 2.53 bits per heavy atom. The SMILES string of the molecule is CC(C)OC(=O)OCOP(=O)(O)CCN1n2cc(C(=O)NCC3C=CC(F)=CC3F)c(=O)c(OCc3ccccc3)c2C(=O)N(C)C12CCCC2. The lowest BCUT2D eigenvalue weighted by atomic mass is 9.98. The van der Waals surface area contributed by atoms with E-state index in [2.05, 4.69) is 5.32 Å². The number of allylic oxidation sites excluding steroid dienone is 3. The van der Waals surface area contributed by atoms with E-state index in [1.807, 2.05) is 0 Å². The van der Waals surface area contributed by atoms with Gasteiger partial charge < -0.3 is 29.3 Å². The lowest BCUT2D eigenvalue weighted by Crippen LogP contribution is -2.69. The first-order valence-electron chi connectivity index (χ1n) is 16.5. The fourth-order valence-electron chi connectivity index (χ4n) is 6.37. The number of hydrogen-bond acceptors (Lipinski definition) is 10. The Labute approximate surface area is 293 Å². The van der Waals surface area contributed by atoms with Crippen molar-refractivity contribution < 1.29 is 51.4 Å². The molecule has 1 fully saturated rings. The minimum atomic E-state index is -4.43. The highest BCUT2D eigenvalue weighted by Gasteiger charge is 2.52. The van der Waals surface area contributed by atoms with Gasteiger partial charge in [-0.05, 0) is 57.2 Å². The van der Waals surface area contributed by atoms with E-state index >= 15 is 0 Å². The van der Waals surface area contributed by atoms with Crippen LogP contribution in [-0.2, 0) is 25.2 Å². The zero-order chi connectivity index (χ0) is 36.9. The summed E-state index contributed by atoms with van der Waals surface area (Å²) in [4.78, 5) is 65.7. The van der Waals surface area contributed by atoms with Crippen molar-refractivity contribution in [3.63, 3.8) is 0 Å². The van der Waals surface area contributed by atoms with Gasteiger partial charge in [0, 0.05) is 32.3 Å². The summed E-state index contributed by atoms with van der Waals surface area (Å²) in [5, 5.41) is 4.17. The van der Waals surface area contributed by atoms with Gasteiger partial charge in [-0.1, -0.05) is 36.4 Å². The molecule has 276 valence electrons. The molecule has 14 nitrogen and oxygen atoms in total. The number of fused-ring (bicyclic) bond motifs is 1. The average molecular weight is 735 g/mol. The zero-order valence-corrected chi connectivity index (χ0v) is 29.4. The third-order valence-electron chi connectivity index (χ3n) is 8.98. The van der Waals surface area contributed by atoms with Gasteiger partial charge in [0.05, 0.1) is 12.3 Å². The summed E-state index contributed by atoms with van der Waals surface area (Å²) in [6.45, 7) is 1.73. The summed E-state index contributed by atoms with van der Waals surface area (Å²) in [6.07, 6.45) is 2.88. The number of ether oxygens (including phenoxy) is 3. The van der Waals surface area contributed by atoms with E-state index in [1.54, 1.807) is 56.2 Å². The minimum Gasteiger partial charge on any atom is -0.482 e. The lowest BCUT2D eigenvalue weighted by Gasteiger charge is -2.53. The summed E-state index contributed by atoms with van der Waals surface area (Å²) in [5.41, 5.74) is -1.90. The number of nitrogens with one attached hydrogen (secondary N) is 1. The molecule has 1 aliphatic heterocycles. The Kier molecular flexibility index (Phi) is 11.7. The van der Waals surface area contributed by atoms with Crippen LogP contribution in [0, 0.1) is 5.92 Å². The van der Waals surface area contributed by atoms with Crippen LogP contribution in [0.3, 0.4) is 0 Å². The van der Waals surface area contributed by atoms with E-state index in [9.17, 15) is 37.4 Å². The molecule has 0 radical (unpaired) electrons. The number of benzene rings is 1. The predicted molar refractivity (Wildman–Crippen MR) is 180 cm³/mol. The zero-order valence-electron chi connectivity index (χ0n) is 28.5. The number of pyridine rings is 1. The van der Waals surface area contributed by atoms with Crippen LogP contribution >= 0.6 is 7.60 Å². The highest BCUT2D eigenvalue weighted by Crippen LogP contribution is 2.45. The first-order valence-corrected chi connectivity index (χ1v) is 18.3. The molecule has 3 atom stereocenters. The van der Waals surface area contributed by atoms with E-state index in [1.165, 1.54) is 21.8 Å². The van der Waals surface area contributed by atoms with Crippen molar-refractivity contribution in [3.8, 4) is 5.75 Å². The Morgan fingerprint density at radius 2 is 1.86 bits per heavy atom. The summed E-state index contributed by atoms with van der Waals surface area (Å²) >= 11 is 0. The molecular weight excluding hydrogens is 693 g/mol. The molecule has 51 heavy (non-hydrogen) atoms. The molecule has 0 bridgehead atoms. The standard InChI is InChI=1S/C34H41F2N4O10P/c1-22(2)50-33(44)48-21-49-51(45,46)16-15-40-34(13-7-8-14-34)38(3)32(43)28-30(47-20-23-9-5-4-6-10-23)29(41)26(19-39(28)40)31(42)37-18-24-11-12-25(35)17-27(24)36/h4-6,9-12,17,19,22,24,27H,7-8,13-16,18,20-21H2,1-3H3,(H,37,42)(H,45,46). The molecule has 17 heteroatoms. The highest BCUT2D eigenvalue weighted by molar-refractivity contribution is 7.52. The minimum absolute atomic E-state index is 0.135. The fourth-order valence-corrected chi connectivity index (χ4v) is 7.16. The summed E-state index contributed by atoms with van der Waals surface area (Å²) in [7, 11) is -2.86. The molecule has 1 aromatic carbocycles. The molecule has 3 aliphatic rings. The molecule has 1 spiro atoms. The van der Waals surface area contributed by atoms with Crippen LogP contribution < -0.4 is 20.5 Å². The van der Waals surface area contributed by atoms with Gasteiger partial charge in [0.2, 0.25) is 12.2 Å². The van der Waals surface area contributed by atoms with Gasteiger partial charge in [0.1, 0.15) is 29.8 Å². The van der Waals surface area contributed by atoms with Gasteiger partial charge in [-0.2, -0.15) is 0 Å². The normalized spacial score (nSPS) is 20.5.